The number of rotatable bonds is 6. The topological polar surface area (TPSA) is 83.0 Å². The Labute approximate surface area is 206 Å². The van der Waals surface area contributed by atoms with Crippen molar-refractivity contribution < 1.29 is 18.3 Å². The zero-order valence-electron chi connectivity index (χ0n) is 19.2. The molecule has 6 nitrogen and oxygen atoms in total. The number of benzene rings is 1. The second-order valence-electron chi connectivity index (χ2n) is 9.41. The fourth-order valence-electron chi connectivity index (χ4n) is 4.81. The summed E-state index contributed by atoms with van der Waals surface area (Å²) >= 11 is 1.37. The van der Waals surface area contributed by atoms with Gasteiger partial charge in [0.2, 0.25) is 5.95 Å². The molecule has 186 valence electrons. The second kappa shape index (κ2) is 9.83. The van der Waals surface area contributed by atoms with E-state index in [-0.39, 0.29) is 0 Å². The predicted molar refractivity (Wildman–Crippen MR) is 130 cm³/mol. The summed E-state index contributed by atoms with van der Waals surface area (Å²) in [5.41, 5.74) is -0.183. The van der Waals surface area contributed by atoms with Crippen molar-refractivity contribution in [2.75, 3.05) is 18.4 Å². The molecule has 35 heavy (non-hydrogen) atoms. The number of thiazole rings is 1. The van der Waals surface area contributed by atoms with Crippen molar-refractivity contribution in [2.24, 2.45) is 0 Å². The van der Waals surface area contributed by atoms with Crippen LogP contribution in [0, 0.1) is 0 Å². The Morgan fingerprint density at radius 2 is 1.89 bits per heavy atom. The Bertz CT molecular complexity index is 1170. The molecule has 1 aromatic carbocycles. The summed E-state index contributed by atoms with van der Waals surface area (Å²) in [4.78, 5) is 14.5. The molecule has 3 N–H and O–H groups in total. The smallest absolute Gasteiger partial charge is 0.389 e. The number of aliphatic hydroxyl groups is 1. The van der Waals surface area contributed by atoms with E-state index in [0.717, 1.165) is 38.1 Å². The van der Waals surface area contributed by atoms with E-state index in [1.807, 2.05) is 0 Å². The van der Waals surface area contributed by atoms with E-state index in [1.54, 1.807) is 18.3 Å². The van der Waals surface area contributed by atoms with Crippen LogP contribution in [0.1, 0.15) is 49.1 Å². The predicted octanol–water partition coefficient (Wildman–Crippen LogP) is 5.30. The van der Waals surface area contributed by atoms with E-state index in [1.165, 1.54) is 30.2 Å². The molecule has 3 heterocycles. The van der Waals surface area contributed by atoms with Crippen molar-refractivity contribution in [3.63, 3.8) is 0 Å². The molecule has 0 bridgehead atoms. The number of aromatic nitrogens is 3. The van der Waals surface area contributed by atoms with Crippen molar-refractivity contribution in [1.82, 2.24) is 20.3 Å². The first kappa shape index (κ1) is 24.1. The van der Waals surface area contributed by atoms with Crippen LogP contribution in [0.5, 0.6) is 0 Å². The van der Waals surface area contributed by atoms with Gasteiger partial charge in [-0.2, -0.15) is 13.2 Å². The van der Waals surface area contributed by atoms with Crippen LogP contribution in [-0.2, 0) is 12.6 Å². The molecule has 5 rings (SSSR count). The van der Waals surface area contributed by atoms with Crippen LogP contribution >= 0.6 is 11.3 Å². The highest BCUT2D eigenvalue weighted by atomic mass is 32.1. The average Bonchev–Trinajstić information content (AvgIpc) is 3.49. The number of hydrogen-bond acceptors (Lipinski definition) is 7. The molecule has 2 aliphatic rings. The van der Waals surface area contributed by atoms with Gasteiger partial charge in [-0.3, -0.25) is 0 Å². The van der Waals surface area contributed by atoms with E-state index < -0.39 is 17.3 Å². The molecule has 0 spiro atoms. The zero-order valence-corrected chi connectivity index (χ0v) is 20.1. The fourth-order valence-corrected chi connectivity index (χ4v) is 6.00. The first-order valence-electron chi connectivity index (χ1n) is 12.0. The van der Waals surface area contributed by atoms with Gasteiger partial charge in [0.1, 0.15) is 0 Å². The quantitative estimate of drug-likeness (QED) is 0.424. The van der Waals surface area contributed by atoms with Gasteiger partial charge in [0.15, 0.2) is 0 Å². The molecule has 1 aliphatic carbocycles. The minimum absolute atomic E-state index is 0.333. The van der Waals surface area contributed by atoms with Gasteiger partial charge < -0.3 is 15.7 Å². The molecule has 2 aromatic heterocycles. The summed E-state index contributed by atoms with van der Waals surface area (Å²) in [6.45, 7) is 1.44. The molecule has 2 fully saturated rings. The number of hydrogen-bond donors (Lipinski definition) is 3. The van der Waals surface area contributed by atoms with Gasteiger partial charge in [-0.05, 0) is 57.0 Å². The third kappa shape index (κ3) is 5.65. The molecule has 0 atom stereocenters. The number of alkyl halides is 3. The molecule has 1 aliphatic heterocycles. The lowest BCUT2D eigenvalue weighted by Gasteiger charge is -2.31. The number of piperidine rings is 1. The molecular formula is C25H28F3N5OS. The first-order valence-corrected chi connectivity index (χ1v) is 12.8. The van der Waals surface area contributed by atoms with Crippen molar-refractivity contribution in [1.29, 1.82) is 0 Å². The highest BCUT2D eigenvalue weighted by Crippen LogP contribution is 2.40. The number of halogens is 3. The Morgan fingerprint density at radius 3 is 2.63 bits per heavy atom. The monoisotopic (exact) mass is 503 g/mol. The Morgan fingerprint density at radius 1 is 1.11 bits per heavy atom. The summed E-state index contributed by atoms with van der Waals surface area (Å²) in [5, 5.41) is 18.4. The Hall–Kier alpha value is -2.56. The largest absolute Gasteiger partial charge is 0.416 e. The highest BCUT2D eigenvalue weighted by Gasteiger charge is 2.33. The summed E-state index contributed by atoms with van der Waals surface area (Å²) in [5.74, 6) is 0.510. The van der Waals surface area contributed by atoms with Crippen LogP contribution in [0.2, 0.25) is 0 Å². The van der Waals surface area contributed by atoms with Crippen LogP contribution in [-0.4, -0.2) is 44.8 Å². The molecular weight excluding hydrogens is 475 g/mol. The maximum Gasteiger partial charge on any atom is 0.416 e. The van der Waals surface area contributed by atoms with Crippen LogP contribution in [0.3, 0.4) is 0 Å². The molecule has 10 heteroatoms. The van der Waals surface area contributed by atoms with Gasteiger partial charge >= 0.3 is 6.18 Å². The molecule has 1 saturated heterocycles. The molecule has 0 amide bonds. The highest BCUT2D eigenvalue weighted by molar-refractivity contribution is 7.15. The standard InChI is InChI=1S/C25H28F3N5OS/c26-25(27,28)17-5-3-4-16(14-17)21-22(35-20(33-21)15-24(34)9-12-29-13-10-24)19-8-11-30-23(32-19)31-18-6-1-2-7-18/h3-5,8,11,14,18,29,34H,1-2,6-7,9-10,12-13,15H2,(H,30,31,32). The molecule has 0 radical (unpaired) electrons. The van der Waals surface area contributed by atoms with Crippen molar-refractivity contribution in [2.45, 2.75) is 62.8 Å². The fraction of sp³-hybridized carbons (Fsp3) is 0.480. The van der Waals surface area contributed by atoms with Gasteiger partial charge in [-0.1, -0.05) is 25.0 Å². The summed E-state index contributed by atoms with van der Waals surface area (Å²) in [6, 6.07) is 7.31. The van der Waals surface area contributed by atoms with Gasteiger partial charge in [0.25, 0.3) is 0 Å². The Balaban J connectivity index is 1.53. The SMILES string of the molecule is OC1(Cc2nc(-c3cccc(C(F)(F)F)c3)c(-c3ccnc(NC4CCCC4)n3)s2)CCNCC1. The molecule has 3 aromatic rings. The number of anilines is 1. The lowest BCUT2D eigenvalue weighted by molar-refractivity contribution is -0.137. The lowest BCUT2D eigenvalue weighted by Crippen LogP contribution is -2.43. The Kier molecular flexibility index (Phi) is 6.78. The third-order valence-corrected chi connectivity index (χ3v) is 7.80. The van der Waals surface area contributed by atoms with Gasteiger partial charge in [0, 0.05) is 24.2 Å². The minimum atomic E-state index is -4.45. The third-order valence-electron chi connectivity index (χ3n) is 6.73. The van der Waals surface area contributed by atoms with Crippen LogP contribution in [0.15, 0.2) is 36.5 Å². The maximum atomic E-state index is 13.4. The molecule has 0 unspecified atom stereocenters. The number of nitrogens with one attached hydrogen (secondary N) is 2. The summed E-state index contributed by atoms with van der Waals surface area (Å²) in [6.07, 6.45) is 3.25. The maximum absolute atomic E-state index is 13.4. The van der Waals surface area contributed by atoms with Crippen molar-refractivity contribution in [3.05, 3.63) is 47.1 Å². The van der Waals surface area contributed by atoms with E-state index in [2.05, 4.69) is 15.6 Å². The van der Waals surface area contributed by atoms with Gasteiger partial charge in [-0.15, -0.1) is 11.3 Å². The summed E-state index contributed by atoms with van der Waals surface area (Å²) < 4.78 is 40.3. The van der Waals surface area contributed by atoms with E-state index >= 15 is 0 Å². The minimum Gasteiger partial charge on any atom is -0.389 e. The normalized spacial score (nSPS) is 18.6. The average molecular weight is 504 g/mol. The first-order chi connectivity index (χ1) is 16.8. The van der Waals surface area contributed by atoms with Crippen LogP contribution in [0.25, 0.3) is 21.8 Å². The van der Waals surface area contributed by atoms with Gasteiger partial charge in [-0.25, -0.2) is 15.0 Å². The van der Waals surface area contributed by atoms with E-state index in [9.17, 15) is 18.3 Å². The summed E-state index contributed by atoms with van der Waals surface area (Å²) in [7, 11) is 0. The van der Waals surface area contributed by atoms with Crippen LogP contribution < -0.4 is 10.6 Å². The number of nitrogens with zero attached hydrogens (tertiary/aromatic N) is 3. The van der Waals surface area contributed by atoms with Crippen LogP contribution in [0.4, 0.5) is 19.1 Å². The lowest BCUT2D eigenvalue weighted by atomic mass is 9.89. The van der Waals surface area contributed by atoms with Gasteiger partial charge in [0.05, 0.1) is 32.4 Å². The van der Waals surface area contributed by atoms with Crippen molar-refractivity contribution in [3.8, 4) is 21.8 Å². The van der Waals surface area contributed by atoms with E-state index in [0.29, 0.717) is 58.1 Å². The zero-order chi connectivity index (χ0) is 24.5. The van der Waals surface area contributed by atoms with Crippen molar-refractivity contribution >= 4 is 17.3 Å². The second-order valence-corrected chi connectivity index (χ2v) is 10.5. The van der Waals surface area contributed by atoms with E-state index in [4.69, 9.17) is 9.97 Å². The molecule has 1 saturated carbocycles.